The monoisotopic (exact) mass is 284 g/mol. The molecule has 110 valence electrons. The molecule has 0 aromatic heterocycles. The lowest BCUT2D eigenvalue weighted by molar-refractivity contribution is -0.132. The van der Waals surface area contributed by atoms with E-state index in [1.54, 1.807) is 0 Å². The van der Waals surface area contributed by atoms with Crippen molar-refractivity contribution >= 4 is 17.7 Å². The van der Waals surface area contributed by atoms with Crippen LogP contribution in [0.15, 0.2) is 0 Å². The van der Waals surface area contributed by atoms with E-state index in [1.165, 1.54) is 25.7 Å². The first kappa shape index (κ1) is 15.2. The van der Waals surface area contributed by atoms with Crippen molar-refractivity contribution in [3.63, 3.8) is 0 Å². The van der Waals surface area contributed by atoms with E-state index in [0.717, 1.165) is 11.7 Å². The van der Waals surface area contributed by atoms with Crippen molar-refractivity contribution in [1.29, 1.82) is 0 Å². The van der Waals surface area contributed by atoms with Gasteiger partial charge in [0.15, 0.2) is 0 Å². The fourth-order valence-corrected chi connectivity index (χ4v) is 4.28. The van der Waals surface area contributed by atoms with Gasteiger partial charge in [-0.15, -0.1) is 0 Å². The highest BCUT2D eigenvalue weighted by Crippen LogP contribution is 2.33. The van der Waals surface area contributed by atoms with Crippen LogP contribution in [0.3, 0.4) is 0 Å². The number of amides is 1. The highest BCUT2D eigenvalue weighted by Gasteiger charge is 2.41. The predicted octanol–water partition coefficient (Wildman–Crippen LogP) is 2.85. The second-order valence-corrected chi connectivity index (χ2v) is 7.60. The van der Waals surface area contributed by atoms with Gasteiger partial charge in [-0.2, -0.15) is 11.8 Å². The van der Waals surface area contributed by atoms with E-state index < -0.39 is 0 Å². The Kier molecular flexibility index (Phi) is 5.18. The summed E-state index contributed by atoms with van der Waals surface area (Å²) < 4.78 is 0. The van der Waals surface area contributed by atoms with Crippen molar-refractivity contribution in [3.05, 3.63) is 0 Å². The van der Waals surface area contributed by atoms with Crippen LogP contribution in [0.5, 0.6) is 0 Å². The molecule has 0 bridgehead atoms. The molecule has 1 aliphatic carbocycles. The molecule has 2 fully saturated rings. The fraction of sp³-hybridized carbons (Fsp3) is 0.933. The Morgan fingerprint density at radius 3 is 2.79 bits per heavy atom. The Balaban J connectivity index is 2.07. The van der Waals surface area contributed by atoms with Gasteiger partial charge in [-0.3, -0.25) is 10.1 Å². The lowest BCUT2D eigenvalue weighted by Crippen LogP contribution is -2.47. The third-order valence-corrected chi connectivity index (χ3v) is 5.52. The van der Waals surface area contributed by atoms with Crippen LogP contribution in [0.25, 0.3) is 0 Å². The van der Waals surface area contributed by atoms with E-state index in [9.17, 15) is 4.79 Å². The molecule has 19 heavy (non-hydrogen) atoms. The van der Waals surface area contributed by atoms with Crippen LogP contribution in [0.1, 0.15) is 52.9 Å². The van der Waals surface area contributed by atoms with Crippen LogP contribution in [-0.4, -0.2) is 40.6 Å². The zero-order chi connectivity index (χ0) is 14.0. The number of carbonyl (C=O) groups is 1. The molecule has 1 saturated heterocycles. The first-order valence-corrected chi connectivity index (χ1v) is 8.92. The van der Waals surface area contributed by atoms with Crippen molar-refractivity contribution in [2.24, 2.45) is 5.92 Å². The lowest BCUT2D eigenvalue weighted by atomic mass is 9.92. The van der Waals surface area contributed by atoms with Gasteiger partial charge in [0.25, 0.3) is 0 Å². The molecule has 0 aromatic rings. The summed E-state index contributed by atoms with van der Waals surface area (Å²) >= 11 is 1.97. The molecule has 0 spiro atoms. The van der Waals surface area contributed by atoms with E-state index in [-0.39, 0.29) is 12.2 Å². The number of hydrogen-bond acceptors (Lipinski definition) is 3. The molecule has 3 nitrogen and oxygen atoms in total. The van der Waals surface area contributed by atoms with Gasteiger partial charge in [-0.25, -0.2) is 0 Å². The fourth-order valence-electron chi connectivity index (χ4n) is 3.47. The van der Waals surface area contributed by atoms with E-state index in [1.807, 2.05) is 18.7 Å². The maximum Gasteiger partial charge on any atom is 0.240 e. The molecular formula is C15H28N2OS. The minimum atomic E-state index is -0.00148. The van der Waals surface area contributed by atoms with Crippen LogP contribution >= 0.6 is 11.8 Å². The van der Waals surface area contributed by atoms with Crippen LogP contribution < -0.4 is 5.32 Å². The molecular weight excluding hydrogens is 256 g/mol. The van der Waals surface area contributed by atoms with Crippen molar-refractivity contribution < 1.29 is 4.79 Å². The Bertz CT molecular complexity index is 321. The Hall–Kier alpha value is -0.220. The van der Waals surface area contributed by atoms with Crippen LogP contribution in [-0.2, 0) is 4.79 Å². The molecule has 1 heterocycles. The molecule has 1 saturated carbocycles. The van der Waals surface area contributed by atoms with E-state index in [2.05, 4.69) is 30.3 Å². The second-order valence-electron chi connectivity index (χ2n) is 6.46. The molecule has 4 atom stereocenters. The van der Waals surface area contributed by atoms with E-state index in [0.29, 0.717) is 17.9 Å². The molecule has 1 aliphatic heterocycles. The highest BCUT2D eigenvalue weighted by molar-refractivity contribution is 7.99. The summed E-state index contributed by atoms with van der Waals surface area (Å²) in [5.74, 6) is 0.940. The minimum Gasteiger partial charge on any atom is -0.323 e. The van der Waals surface area contributed by atoms with Gasteiger partial charge < -0.3 is 4.90 Å². The molecule has 1 amide bonds. The normalized spacial score (nSPS) is 36.3. The maximum atomic E-state index is 12.4. The molecule has 2 rings (SSSR count). The Morgan fingerprint density at radius 1 is 1.42 bits per heavy atom. The first-order chi connectivity index (χ1) is 9.02. The average molecular weight is 284 g/mol. The highest BCUT2D eigenvalue weighted by atomic mass is 32.2. The van der Waals surface area contributed by atoms with Gasteiger partial charge in [0.2, 0.25) is 5.91 Å². The average Bonchev–Trinajstić information content (AvgIpc) is 2.64. The third-order valence-electron chi connectivity index (χ3n) is 4.42. The van der Waals surface area contributed by atoms with Gasteiger partial charge >= 0.3 is 0 Å². The Morgan fingerprint density at radius 2 is 2.16 bits per heavy atom. The predicted molar refractivity (Wildman–Crippen MR) is 82.2 cm³/mol. The molecule has 4 unspecified atom stereocenters. The van der Waals surface area contributed by atoms with Gasteiger partial charge in [0, 0.05) is 11.3 Å². The number of rotatable bonds is 4. The maximum absolute atomic E-state index is 12.4. The second kappa shape index (κ2) is 6.49. The smallest absolute Gasteiger partial charge is 0.240 e. The first-order valence-electron chi connectivity index (χ1n) is 7.64. The molecule has 0 aromatic carbocycles. The summed E-state index contributed by atoms with van der Waals surface area (Å²) in [6.07, 6.45) is 8.47. The zero-order valence-electron chi connectivity index (χ0n) is 12.7. The molecule has 2 aliphatic rings. The zero-order valence-corrected chi connectivity index (χ0v) is 13.5. The molecule has 0 radical (unpaired) electrons. The Labute approximate surface area is 121 Å². The number of hydrogen-bond donors (Lipinski definition) is 1. The summed E-state index contributed by atoms with van der Waals surface area (Å²) in [7, 11) is 0. The van der Waals surface area contributed by atoms with Gasteiger partial charge in [-0.1, -0.05) is 20.3 Å². The number of carbonyl (C=O) groups excluding carboxylic acids is 1. The summed E-state index contributed by atoms with van der Waals surface area (Å²) in [6, 6.07) is 0.457. The van der Waals surface area contributed by atoms with Crippen molar-refractivity contribution in [2.75, 3.05) is 6.26 Å². The number of nitrogens with one attached hydrogen (secondary N) is 1. The van der Waals surface area contributed by atoms with Crippen LogP contribution in [0, 0.1) is 5.92 Å². The van der Waals surface area contributed by atoms with Crippen LogP contribution in [0.4, 0.5) is 0 Å². The summed E-state index contributed by atoms with van der Waals surface area (Å²) in [6.45, 7) is 6.47. The summed E-state index contributed by atoms with van der Waals surface area (Å²) in [5, 5.41) is 4.22. The lowest BCUT2D eigenvalue weighted by Gasteiger charge is -2.38. The number of nitrogens with zero attached hydrogens (tertiary/aromatic N) is 1. The summed E-state index contributed by atoms with van der Waals surface area (Å²) in [5.41, 5.74) is 0. The van der Waals surface area contributed by atoms with Crippen LogP contribution in [0.2, 0.25) is 0 Å². The number of thioether (sulfide) groups is 1. The quantitative estimate of drug-likeness (QED) is 0.861. The van der Waals surface area contributed by atoms with E-state index >= 15 is 0 Å². The van der Waals surface area contributed by atoms with Gasteiger partial charge in [0.1, 0.15) is 0 Å². The van der Waals surface area contributed by atoms with E-state index in [4.69, 9.17) is 0 Å². The molecule has 4 heteroatoms. The SMILES string of the molecule is CSC1CCCC(N2C(=O)C(C)NC2CC(C)C)C1. The topological polar surface area (TPSA) is 32.3 Å². The standard InChI is InChI=1S/C15H28N2OS/c1-10(2)8-14-16-11(3)15(18)17(14)12-6-5-7-13(9-12)19-4/h10-14,16H,5-9H2,1-4H3. The third kappa shape index (κ3) is 3.46. The summed E-state index contributed by atoms with van der Waals surface area (Å²) in [4.78, 5) is 14.6. The van der Waals surface area contributed by atoms with Crippen molar-refractivity contribution in [3.8, 4) is 0 Å². The van der Waals surface area contributed by atoms with Crippen molar-refractivity contribution in [2.45, 2.75) is 76.4 Å². The van der Waals surface area contributed by atoms with Gasteiger partial charge in [0.05, 0.1) is 12.2 Å². The van der Waals surface area contributed by atoms with Crippen molar-refractivity contribution in [1.82, 2.24) is 10.2 Å². The minimum absolute atomic E-state index is 0.00148. The van der Waals surface area contributed by atoms with Gasteiger partial charge in [-0.05, 0) is 44.8 Å². The largest absolute Gasteiger partial charge is 0.323 e. The molecule has 1 N–H and O–H groups in total.